The van der Waals surface area contributed by atoms with Crippen molar-refractivity contribution >= 4 is 41.0 Å². The lowest BCUT2D eigenvalue weighted by atomic mass is 10.2. The number of benzene rings is 3. The number of nitro groups is 1. The maximum Gasteiger partial charge on any atom is 0.416 e. The number of rotatable bonds is 7. The Morgan fingerprint density at radius 2 is 1.73 bits per heavy atom. The van der Waals surface area contributed by atoms with Crippen LogP contribution in [-0.2, 0) is 6.18 Å². The highest BCUT2D eigenvalue weighted by Crippen LogP contribution is 2.38. The highest BCUT2D eigenvalue weighted by atomic mass is 35.5. The second-order valence-electron chi connectivity index (χ2n) is 8.52. The number of hydrazone groups is 1. The maximum atomic E-state index is 13.0. The van der Waals surface area contributed by atoms with Crippen LogP contribution in [0.25, 0.3) is 5.69 Å². The number of nitrogens with zero attached hydrogens (tertiary/aromatic N) is 3. The van der Waals surface area contributed by atoms with Crippen LogP contribution in [0.3, 0.4) is 0 Å². The van der Waals surface area contributed by atoms with Gasteiger partial charge in [0.25, 0.3) is 5.91 Å². The lowest BCUT2D eigenvalue weighted by Crippen LogP contribution is -2.17. The minimum Gasteiger partial charge on any atom is -0.450 e. The number of nitro benzene ring substituents is 1. The molecule has 1 aromatic heterocycles. The monoisotopic (exact) mass is 590 g/mol. The summed E-state index contributed by atoms with van der Waals surface area (Å²) in [5.41, 5.74) is 3.89. The van der Waals surface area contributed by atoms with Crippen molar-refractivity contribution in [3.8, 4) is 17.2 Å². The molecule has 0 saturated heterocycles. The molecule has 1 N–H and O–H groups in total. The number of hydrogen-bond acceptors (Lipinski definition) is 5. The molecule has 0 spiro atoms. The number of ether oxygens (including phenoxy) is 1. The van der Waals surface area contributed by atoms with E-state index in [0.29, 0.717) is 16.7 Å². The number of hydrogen-bond donors (Lipinski definition) is 1. The van der Waals surface area contributed by atoms with Crippen molar-refractivity contribution < 1.29 is 27.6 Å². The molecule has 206 valence electrons. The summed E-state index contributed by atoms with van der Waals surface area (Å²) in [6.07, 6.45) is -3.23. The first-order valence-corrected chi connectivity index (χ1v) is 12.2. The fourth-order valence-electron chi connectivity index (χ4n) is 3.89. The Morgan fingerprint density at radius 1 is 1.02 bits per heavy atom. The van der Waals surface area contributed by atoms with Gasteiger partial charge in [0.05, 0.1) is 26.7 Å². The van der Waals surface area contributed by atoms with Gasteiger partial charge in [-0.05, 0) is 74.5 Å². The molecule has 1 heterocycles. The van der Waals surface area contributed by atoms with Gasteiger partial charge >= 0.3 is 11.9 Å². The van der Waals surface area contributed by atoms with Gasteiger partial charge in [0.15, 0.2) is 0 Å². The summed E-state index contributed by atoms with van der Waals surface area (Å²) >= 11 is 11.8. The molecule has 0 aliphatic heterocycles. The molecule has 0 saturated carbocycles. The molecule has 0 aliphatic carbocycles. The van der Waals surface area contributed by atoms with Gasteiger partial charge in [-0.3, -0.25) is 14.9 Å². The molecule has 40 heavy (non-hydrogen) atoms. The van der Waals surface area contributed by atoms with Crippen LogP contribution in [0.4, 0.5) is 18.9 Å². The first kappa shape index (κ1) is 28.7. The molecule has 0 atom stereocenters. The van der Waals surface area contributed by atoms with Gasteiger partial charge < -0.3 is 9.30 Å². The van der Waals surface area contributed by atoms with Gasteiger partial charge in [0, 0.05) is 34.3 Å². The predicted octanol–water partition coefficient (Wildman–Crippen LogP) is 7.88. The van der Waals surface area contributed by atoms with Crippen LogP contribution in [0.5, 0.6) is 11.5 Å². The third-order valence-corrected chi connectivity index (χ3v) is 6.57. The minimum atomic E-state index is -4.72. The van der Waals surface area contributed by atoms with E-state index >= 15 is 0 Å². The molecule has 3 aromatic carbocycles. The van der Waals surface area contributed by atoms with E-state index in [1.165, 1.54) is 24.4 Å². The van der Waals surface area contributed by atoms with Crippen LogP contribution in [0.15, 0.2) is 71.8 Å². The lowest BCUT2D eigenvalue weighted by Gasteiger charge is -2.12. The zero-order valence-corrected chi connectivity index (χ0v) is 22.3. The molecule has 13 heteroatoms. The summed E-state index contributed by atoms with van der Waals surface area (Å²) in [4.78, 5) is 22.7. The lowest BCUT2D eigenvalue weighted by molar-refractivity contribution is -0.385. The normalized spacial score (nSPS) is 11.6. The third-order valence-electron chi connectivity index (χ3n) is 5.83. The van der Waals surface area contributed by atoms with E-state index < -0.39 is 28.3 Å². The van der Waals surface area contributed by atoms with Crippen molar-refractivity contribution in [2.45, 2.75) is 20.0 Å². The van der Waals surface area contributed by atoms with E-state index in [-0.39, 0.29) is 16.5 Å². The molecular formula is C27H19Cl2F3N4O4. The summed E-state index contributed by atoms with van der Waals surface area (Å²) in [5.74, 6) is -0.589. The SMILES string of the molecule is Cc1cc(/C=N\NC(=O)c2ccc(Cl)c(Cl)c2)c(C)n1-c1ccc(Oc2ccc(C(F)(F)F)cc2[N+](=O)[O-])cc1. The number of aromatic nitrogens is 1. The maximum absolute atomic E-state index is 13.0. The average Bonchev–Trinajstić information content (AvgIpc) is 3.18. The van der Waals surface area contributed by atoms with Crippen molar-refractivity contribution in [2.24, 2.45) is 5.10 Å². The summed E-state index contributed by atoms with van der Waals surface area (Å²) in [7, 11) is 0. The molecule has 0 aliphatic rings. The second-order valence-corrected chi connectivity index (χ2v) is 9.34. The Hall–Kier alpha value is -4.35. The summed E-state index contributed by atoms with van der Waals surface area (Å²) in [6.45, 7) is 3.72. The van der Waals surface area contributed by atoms with Crippen LogP contribution >= 0.6 is 23.2 Å². The molecule has 0 bridgehead atoms. The van der Waals surface area contributed by atoms with Gasteiger partial charge in [-0.2, -0.15) is 18.3 Å². The van der Waals surface area contributed by atoms with Crippen LogP contribution in [-0.4, -0.2) is 21.6 Å². The van der Waals surface area contributed by atoms with Crippen LogP contribution in [0.2, 0.25) is 10.0 Å². The molecular weight excluding hydrogens is 572 g/mol. The number of aryl methyl sites for hydroxylation is 1. The van der Waals surface area contributed by atoms with Gasteiger partial charge in [0.1, 0.15) is 5.75 Å². The van der Waals surface area contributed by atoms with Crippen molar-refractivity contribution in [3.05, 3.63) is 115 Å². The average molecular weight is 591 g/mol. The molecule has 4 rings (SSSR count). The standard InChI is InChI=1S/C27H19Cl2F3N4O4/c1-15-11-18(14-33-34-26(37)17-3-9-22(28)23(29)12-17)16(2)35(15)20-5-7-21(8-6-20)40-25-10-4-19(27(30,31)32)13-24(25)36(38)39/h3-14H,1-2H3,(H,34,37)/b33-14-. The zero-order valence-electron chi connectivity index (χ0n) is 20.8. The topological polar surface area (TPSA) is 98.8 Å². The van der Waals surface area contributed by atoms with Gasteiger partial charge in [-0.25, -0.2) is 5.43 Å². The Kier molecular flexibility index (Phi) is 8.17. The van der Waals surface area contributed by atoms with E-state index in [2.05, 4.69) is 10.5 Å². The van der Waals surface area contributed by atoms with Crippen molar-refractivity contribution in [1.29, 1.82) is 0 Å². The number of carbonyl (C=O) groups excluding carboxylic acids is 1. The number of carbonyl (C=O) groups is 1. The van der Waals surface area contributed by atoms with Crippen molar-refractivity contribution in [1.82, 2.24) is 9.99 Å². The Morgan fingerprint density at radius 3 is 2.35 bits per heavy atom. The van der Waals surface area contributed by atoms with E-state index in [1.54, 1.807) is 24.3 Å². The molecule has 0 unspecified atom stereocenters. The van der Waals surface area contributed by atoms with Gasteiger partial charge in [-0.1, -0.05) is 23.2 Å². The van der Waals surface area contributed by atoms with E-state index in [4.69, 9.17) is 27.9 Å². The molecule has 1 amide bonds. The molecule has 0 fully saturated rings. The van der Waals surface area contributed by atoms with E-state index in [0.717, 1.165) is 34.8 Å². The molecule has 4 aromatic rings. The summed E-state index contributed by atoms with van der Waals surface area (Å²) < 4.78 is 46.3. The van der Waals surface area contributed by atoms with Crippen LogP contribution in [0.1, 0.15) is 32.9 Å². The summed E-state index contributed by atoms with van der Waals surface area (Å²) in [5, 5.41) is 15.9. The zero-order chi connectivity index (χ0) is 29.2. The fraction of sp³-hybridized carbons (Fsp3) is 0.111. The highest BCUT2D eigenvalue weighted by Gasteiger charge is 2.33. The van der Waals surface area contributed by atoms with Crippen molar-refractivity contribution in [3.63, 3.8) is 0 Å². The Labute approximate surface area is 235 Å². The third kappa shape index (κ3) is 6.27. The van der Waals surface area contributed by atoms with E-state index in [9.17, 15) is 28.1 Å². The highest BCUT2D eigenvalue weighted by molar-refractivity contribution is 6.42. The first-order chi connectivity index (χ1) is 18.8. The quantitative estimate of drug-likeness (QED) is 0.134. The molecule has 0 radical (unpaired) electrons. The first-order valence-electron chi connectivity index (χ1n) is 11.5. The van der Waals surface area contributed by atoms with E-state index in [1.807, 2.05) is 24.5 Å². The molecule has 8 nitrogen and oxygen atoms in total. The van der Waals surface area contributed by atoms with Gasteiger partial charge in [-0.15, -0.1) is 0 Å². The number of nitrogens with one attached hydrogen (secondary N) is 1. The Bertz CT molecular complexity index is 1630. The number of halogens is 5. The second kappa shape index (κ2) is 11.4. The van der Waals surface area contributed by atoms with Crippen LogP contribution in [0, 0.1) is 24.0 Å². The fourth-order valence-corrected chi connectivity index (χ4v) is 4.19. The minimum absolute atomic E-state index is 0.195. The van der Waals surface area contributed by atoms with Crippen molar-refractivity contribution in [2.75, 3.05) is 0 Å². The number of alkyl halides is 3. The predicted molar refractivity (Wildman–Crippen MR) is 145 cm³/mol. The largest absolute Gasteiger partial charge is 0.450 e. The Balaban J connectivity index is 1.50. The smallest absolute Gasteiger partial charge is 0.416 e. The van der Waals surface area contributed by atoms with Gasteiger partial charge in [0.2, 0.25) is 5.75 Å². The number of amides is 1. The summed E-state index contributed by atoms with van der Waals surface area (Å²) in [6, 6.07) is 14.9. The van der Waals surface area contributed by atoms with Crippen LogP contribution < -0.4 is 10.2 Å².